The van der Waals surface area contributed by atoms with E-state index >= 15 is 0 Å². The van der Waals surface area contributed by atoms with Gasteiger partial charge in [-0.05, 0) is 31.2 Å². The molecule has 0 radical (unpaired) electrons. The average molecular weight is 250 g/mol. The minimum atomic E-state index is 0.625. The average Bonchev–Trinajstić information content (AvgIpc) is 2.56. The molecule has 2 N–H and O–H groups in total. The fourth-order valence-corrected chi connectivity index (χ4v) is 2.25. The van der Waals surface area contributed by atoms with E-state index in [1.54, 1.807) is 0 Å². The summed E-state index contributed by atoms with van der Waals surface area (Å²) in [5.74, 6) is 0. The van der Waals surface area contributed by atoms with Gasteiger partial charge in [-0.2, -0.15) is 5.10 Å². The van der Waals surface area contributed by atoms with E-state index in [1.165, 1.54) is 11.3 Å². The summed E-state index contributed by atoms with van der Waals surface area (Å²) in [6.45, 7) is 2.64. The van der Waals surface area contributed by atoms with Gasteiger partial charge in [0, 0.05) is 29.7 Å². The van der Waals surface area contributed by atoms with Crippen LogP contribution < -0.4 is 5.73 Å². The highest BCUT2D eigenvalue weighted by Gasteiger charge is 2.14. The number of aryl methyl sites for hydroxylation is 2. The highest BCUT2D eigenvalue weighted by Crippen LogP contribution is 2.28. The van der Waals surface area contributed by atoms with Crippen molar-refractivity contribution in [2.75, 3.05) is 6.54 Å². The Kier molecular flexibility index (Phi) is 3.50. The number of hydrogen-bond acceptors (Lipinski definition) is 2. The SMILES string of the molecule is Cc1nn(C)c(CCN)c1-c1ccc(Cl)cc1. The molecule has 3 nitrogen and oxygen atoms in total. The monoisotopic (exact) mass is 249 g/mol. The third-order valence-corrected chi connectivity index (χ3v) is 3.11. The smallest absolute Gasteiger partial charge is 0.0674 e. The van der Waals surface area contributed by atoms with Crippen LogP contribution in [0.3, 0.4) is 0 Å². The van der Waals surface area contributed by atoms with E-state index in [4.69, 9.17) is 17.3 Å². The molecule has 0 aliphatic carbocycles. The molecular weight excluding hydrogens is 234 g/mol. The minimum absolute atomic E-state index is 0.625. The van der Waals surface area contributed by atoms with Crippen LogP contribution in [0.25, 0.3) is 11.1 Å². The van der Waals surface area contributed by atoms with Crippen molar-refractivity contribution < 1.29 is 0 Å². The van der Waals surface area contributed by atoms with E-state index in [2.05, 4.69) is 5.10 Å². The summed E-state index contributed by atoms with van der Waals surface area (Å²) in [4.78, 5) is 0. The maximum atomic E-state index is 5.90. The van der Waals surface area contributed by atoms with E-state index in [9.17, 15) is 0 Å². The molecule has 0 unspecified atom stereocenters. The zero-order chi connectivity index (χ0) is 12.4. The Bertz CT molecular complexity index is 514. The van der Waals surface area contributed by atoms with Gasteiger partial charge in [0.05, 0.1) is 5.69 Å². The quantitative estimate of drug-likeness (QED) is 0.909. The van der Waals surface area contributed by atoms with Gasteiger partial charge in [0.25, 0.3) is 0 Å². The second kappa shape index (κ2) is 4.90. The van der Waals surface area contributed by atoms with Gasteiger partial charge in [-0.25, -0.2) is 0 Å². The van der Waals surface area contributed by atoms with Crippen LogP contribution in [0.5, 0.6) is 0 Å². The Labute approximate surface area is 106 Å². The van der Waals surface area contributed by atoms with Crippen molar-refractivity contribution in [1.29, 1.82) is 0 Å². The maximum Gasteiger partial charge on any atom is 0.0674 e. The van der Waals surface area contributed by atoms with Crippen molar-refractivity contribution in [1.82, 2.24) is 9.78 Å². The van der Waals surface area contributed by atoms with Gasteiger partial charge in [0.15, 0.2) is 0 Å². The highest BCUT2D eigenvalue weighted by atomic mass is 35.5. The first-order valence-electron chi connectivity index (χ1n) is 5.62. The lowest BCUT2D eigenvalue weighted by molar-refractivity contribution is 0.701. The van der Waals surface area contributed by atoms with Crippen molar-refractivity contribution in [2.45, 2.75) is 13.3 Å². The summed E-state index contributed by atoms with van der Waals surface area (Å²) in [6, 6.07) is 7.84. The van der Waals surface area contributed by atoms with Crippen molar-refractivity contribution >= 4 is 11.6 Å². The van der Waals surface area contributed by atoms with Crippen LogP contribution in [0, 0.1) is 6.92 Å². The Morgan fingerprint density at radius 2 is 1.94 bits per heavy atom. The lowest BCUT2D eigenvalue weighted by Crippen LogP contribution is -2.08. The molecule has 0 aliphatic heterocycles. The molecule has 0 aliphatic rings. The van der Waals surface area contributed by atoms with Gasteiger partial charge >= 0.3 is 0 Å². The number of aromatic nitrogens is 2. The summed E-state index contributed by atoms with van der Waals surface area (Å²) < 4.78 is 1.91. The molecule has 1 aromatic carbocycles. The van der Waals surface area contributed by atoms with E-state index in [0.717, 1.165) is 22.7 Å². The van der Waals surface area contributed by atoms with Crippen LogP contribution in [0.4, 0.5) is 0 Å². The van der Waals surface area contributed by atoms with Crippen molar-refractivity contribution in [2.24, 2.45) is 12.8 Å². The predicted octanol–water partition coefficient (Wildman–Crippen LogP) is 2.55. The van der Waals surface area contributed by atoms with Crippen LogP contribution in [-0.4, -0.2) is 16.3 Å². The predicted molar refractivity (Wildman–Crippen MR) is 71.1 cm³/mol. The Morgan fingerprint density at radius 1 is 1.29 bits per heavy atom. The first kappa shape index (κ1) is 12.1. The minimum Gasteiger partial charge on any atom is -0.330 e. The molecule has 0 saturated carbocycles. The zero-order valence-corrected chi connectivity index (χ0v) is 10.8. The number of nitrogens with zero attached hydrogens (tertiary/aromatic N) is 2. The molecule has 0 fully saturated rings. The first-order chi connectivity index (χ1) is 8.13. The fraction of sp³-hybridized carbons (Fsp3) is 0.308. The van der Waals surface area contributed by atoms with Gasteiger partial charge in [-0.3, -0.25) is 4.68 Å². The lowest BCUT2D eigenvalue weighted by atomic mass is 10.0. The summed E-state index contributed by atoms with van der Waals surface area (Å²) in [7, 11) is 1.96. The number of nitrogens with two attached hydrogens (primary N) is 1. The van der Waals surface area contributed by atoms with Gasteiger partial charge in [-0.15, -0.1) is 0 Å². The van der Waals surface area contributed by atoms with Crippen molar-refractivity contribution in [3.63, 3.8) is 0 Å². The molecule has 0 amide bonds. The molecule has 1 aromatic heterocycles. The van der Waals surface area contributed by atoms with E-state index in [-0.39, 0.29) is 0 Å². The molecule has 2 rings (SSSR count). The zero-order valence-electron chi connectivity index (χ0n) is 10.1. The van der Waals surface area contributed by atoms with Crippen LogP contribution in [0.15, 0.2) is 24.3 Å². The topological polar surface area (TPSA) is 43.8 Å². The van der Waals surface area contributed by atoms with Crippen LogP contribution in [-0.2, 0) is 13.5 Å². The number of halogens is 1. The summed E-state index contributed by atoms with van der Waals surface area (Å²) >= 11 is 5.90. The number of benzene rings is 1. The van der Waals surface area contributed by atoms with Crippen molar-refractivity contribution in [3.8, 4) is 11.1 Å². The van der Waals surface area contributed by atoms with Gasteiger partial charge in [-0.1, -0.05) is 23.7 Å². The highest BCUT2D eigenvalue weighted by molar-refractivity contribution is 6.30. The maximum absolute atomic E-state index is 5.90. The lowest BCUT2D eigenvalue weighted by Gasteiger charge is -2.05. The normalized spacial score (nSPS) is 10.8. The van der Waals surface area contributed by atoms with E-state index in [1.807, 2.05) is 42.9 Å². The standard InChI is InChI=1S/C13H16ClN3/c1-9-13(10-3-5-11(14)6-4-10)12(7-8-15)17(2)16-9/h3-6H,7-8,15H2,1-2H3. The molecule has 0 bridgehead atoms. The molecule has 0 saturated heterocycles. The van der Waals surface area contributed by atoms with E-state index in [0.29, 0.717) is 6.54 Å². The third-order valence-electron chi connectivity index (χ3n) is 2.86. The fourth-order valence-electron chi connectivity index (χ4n) is 2.12. The molecule has 4 heteroatoms. The van der Waals surface area contributed by atoms with E-state index < -0.39 is 0 Å². The third kappa shape index (κ3) is 2.35. The Hall–Kier alpha value is -1.32. The molecule has 90 valence electrons. The van der Waals surface area contributed by atoms with Crippen LogP contribution >= 0.6 is 11.6 Å². The molecule has 17 heavy (non-hydrogen) atoms. The molecular formula is C13H16ClN3. The van der Waals surface area contributed by atoms with Crippen molar-refractivity contribution in [3.05, 3.63) is 40.7 Å². The molecule has 0 atom stereocenters. The Morgan fingerprint density at radius 3 is 2.53 bits per heavy atom. The van der Waals surface area contributed by atoms with Gasteiger partial charge < -0.3 is 5.73 Å². The summed E-state index contributed by atoms with van der Waals surface area (Å²) in [5.41, 5.74) is 10.2. The number of hydrogen-bond donors (Lipinski definition) is 1. The molecule has 0 spiro atoms. The second-order valence-corrected chi connectivity index (χ2v) is 4.51. The number of rotatable bonds is 3. The summed E-state index contributed by atoms with van der Waals surface area (Å²) in [6.07, 6.45) is 0.829. The largest absolute Gasteiger partial charge is 0.330 e. The Balaban J connectivity index is 2.53. The van der Waals surface area contributed by atoms with Crippen LogP contribution in [0.2, 0.25) is 5.02 Å². The second-order valence-electron chi connectivity index (χ2n) is 4.08. The first-order valence-corrected chi connectivity index (χ1v) is 5.99. The molecule has 2 aromatic rings. The summed E-state index contributed by atoms with van der Waals surface area (Å²) in [5, 5.41) is 5.20. The van der Waals surface area contributed by atoms with Gasteiger partial charge in [0.2, 0.25) is 0 Å². The molecule has 1 heterocycles. The van der Waals surface area contributed by atoms with Gasteiger partial charge in [0.1, 0.15) is 0 Å². The van der Waals surface area contributed by atoms with Crippen LogP contribution in [0.1, 0.15) is 11.4 Å².